The van der Waals surface area contributed by atoms with E-state index < -0.39 is 11.9 Å². The van der Waals surface area contributed by atoms with Crippen molar-refractivity contribution in [1.82, 2.24) is 15.0 Å². The average molecular weight is 879 g/mol. The van der Waals surface area contributed by atoms with Crippen LogP contribution < -0.4 is 25.7 Å². The number of rotatable bonds is 20. The predicted molar refractivity (Wildman–Crippen MR) is 260 cm³/mol. The van der Waals surface area contributed by atoms with Crippen LogP contribution in [0, 0.1) is 50.4 Å². The molecular formula is C54H70MgN4O5-2. The summed E-state index contributed by atoms with van der Waals surface area (Å²) in [4.78, 5) is 56.6. The second-order valence-electron chi connectivity index (χ2n) is 18.6. The van der Waals surface area contributed by atoms with Crippen LogP contribution >= 0.6 is 0 Å². The first-order valence-electron chi connectivity index (χ1n) is 23.7. The van der Waals surface area contributed by atoms with Crippen LogP contribution in [0.4, 0.5) is 0 Å². The summed E-state index contributed by atoms with van der Waals surface area (Å²) in [6.07, 6.45) is 23.7. The molecule has 3 aliphatic rings. The minimum Gasteiger partial charge on any atom is -0.664 e. The molecule has 340 valence electrons. The average Bonchev–Trinajstić information content (AvgIpc) is 4.00. The van der Waals surface area contributed by atoms with E-state index in [1.165, 1.54) is 64.0 Å². The van der Waals surface area contributed by atoms with Crippen molar-refractivity contribution < 1.29 is 23.9 Å². The van der Waals surface area contributed by atoms with E-state index in [-0.39, 0.29) is 59.7 Å². The van der Waals surface area contributed by atoms with Crippen molar-refractivity contribution in [2.24, 2.45) is 29.6 Å². The standard InChI is InChI=1S/C54H71N4O5.Mg/c1-12-15-16-19-31(4)20-17-21-32(5)22-18-23-33(6)26-27-63-47(59)25-24-40-36(9)43-28-41-34(7)38(13-2)45(55-41)29-42-35(8)39(14-3)46(56-42)30-44-37(10)48-52(58-44)49(51(40)57-43)50(53(48)60)54(61)62-11;/h13,26,28-32,36,40,50H,2,12,14-25,27H2,1,3-11H3,(H-,57,58,60);/q-3;+2/p-1/b33-26-,42-29-,43-28-,46-30-;/t31-,32-,36+,40+,50-;/m1./s1. The number of carbonyl (C=O) groups excluding carboxylic acids is 3. The molecule has 9 nitrogen and oxygen atoms in total. The van der Waals surface area contributed by atoms with Crippen LogP contribution in [0.1, 0.15) is 180 Å². The van der Waals surface area contributed by atoms with E-state index in [9.17, 15) is 14.4 Å². The Balaban J connectivity index is 0.00000771. The molecule has 0 aromatic carbocycles. The number of ether oxygens (including phenoxy) is 2. The Kier molecular flexibility index (Phi) is 18.0. The number of hydrogen-bond donors (Lipinski definition) is 0. The molecule has 0 spiro atoms. The van der Waals surface area contributed by atoms with Crippen molar-refractivity contribution in [1.29, 1.82) is 0 Å². The summed E-state index contributed by atoms with van der Waals surface area (Å²) in [5.74, 6) is -1.49. The van der Waals surface area contributed by atoms with Crippen molar-refractivity contribution in [2.45, 2.75) is 146 Å². The first-order chi connectivity index (χ1) is 30.2. The van der Waals surface area contributed by atoms with Gasteiger partial charge in [-0.15, -0.1) is 33.5 Å². The van der Waals surface area contributed by atoms with Gasteiger partial charge in [0.25, 0.3) is 0 Å². The van der Waals surface area contributed by atoms with Crippen LogP contribution in [0.15, 0.2) is 29.6 Å². The summed E-state index contributed by atoms with van der Waals surface area (Å²) in [5.41, 5.74) is 10.7. The summed E-state index contributed by atoms with van der Waals surface area (Å²) in [6, 6.07) is 0. The molecule has 64 heavy (non-hydrogen) atoms. The molecule has 1 saturated heterocycles. The summed E-state index contributed by atoms with van der Waals surface area (Å²) >= 11 is 0. The third-order valence-electron chi connectivity index (χ3n) is 14.0. The molecule has 0 radical (unpaired) electrons. The fourth-order valence-electron chi connectivity index (χ4n) is 9.95. The van der Waals surface area contributed by atoms with E-state index in [0.717, 1.165) is 81.1 Å². The number of aromatic nitrogens is 3. The van der Waals surface area contributed by atoms with Gasteiger partial charge in [-0.25, -0.2) is 0 Å². The molecule has 6 rings (SSSR count). The zero-order chi connectivity index (χ0) is 45.5. The Morgan fingerprint density at radius 3 is 2.19 bits per heavy atom. The topological polar surface area (TPSA) is 126 Å². The van der Waals surface area contributed by atoms with Gasteiger partial charge in [-0.05, 0) is 88.7 Å². The molecule has 3 aromatic rings. The fraction of sp³-hybridized carbons (Fsp3) is 0.537. The SMILES string of the molecule is C=Cc1c2[n-]c(c1C)/C=C1\[N-]/C(=C3\c4[n-]c(c(C)c4C(=O)[C@@H]3C(=O)OC)/C=c3\[n-]/c(c(C)c3CC)=C\2)[C@@H](CCC(=O)OC/C=C(/C)CCC[C@H](C)CCC[C@H](C)CCCCC)[C@@H]1C.[Mg+2]. The maximum Gasteiger partial charge on any atom is 2.00 e. The number of allylic oxidation sites excluding steroid dienone is 3. The van der Waals surface area contributed by atoms with Gasteiger partial charge in [0.15, 0.2) is 5.78 Å². The van der Waals surface area contributed by atoms with Crippen molar-refractivity contribution >= 4 is 70.7 Å². The van der Waals surface area contributed by atoms with Gasteiger partial charge in [0.2, 0.25) is 0 Å². The van der Waals surface area contributed by atoms with Crippen LogP contribution in [0.3, 0.4) is 0 Å². The Bertz CT molecular complexity index is 2420. The van der Waals surface area contributed by atoms with Gasteiger partial charge < -0.3 is 29.7 Å². The normalized spacial score (nSPS) is 21.7. The number of fused-ring (bicyclic) bond motifs is 7. The molecule has 0 N–H and O–H groups in total. The molecular weight excluding hydrogens is 809 g/mol. The Hall–Kier alpha value is -4.28. The van der Waals surface area contributed by atoms with Gasteiger partial charge >= 0.3 is 35.0 Å². The molecule has 2 aliphatic heterocycles. The van der Waals surface area contributed by atoms with Crippen LogP contribution in [-0.2, 0) is 25.5 Å². The van der Waals surface area contributed by atoms with E-state index >= 15 is 0 Å². The zero-order valence-corrected chi connectivity index (χ0v) is 41.8. The Morgan fingerprint density at radius 1 is 0.844 bits per heavy atom. The molecule has 5 heterocycles. The zero-order valence-electron chi connectivity index (χ0n) is 40.4. The number of ketones is 1. The van der Waals surface area contributed by atoms with Gasteiger partial charge in [0.1, 0.15) is 12.5 Å². The number of hydrogen-bond acceptors (Lipinski definition) is 5. The van der Waals surface area contributed by atoms with E-state index in [2.05, 4.69) is 55.0 Å². The van der Waals surface area contributed by atoms with E-state index in [1.54, 1.807) is 0 Å². The fourth-order valence-corrected chi connectivity index (χ4v) is 9.95. The first-order valence-corrected chi connectivity index (χ1v) is 23.7. The van der Waals surface area contributed by atoms with E-state index in [4.69, 9.17) is 29.7 Å². The van der Waals surface area contributed by atoms with E-state index in [0.29, 0.717) is 40.2 Å². The number of Topliss-reactive ketones (excluding diaryl/α,β-unsaturated/α-hetero) is 1. The molecule has 3 aromatic heterocycles. The Morgan fingerprint density at radius 2 is 1.52 bits per heavy atom. The van der Waals surface area contributed by atoms with Crippen LogP contribution in [0.25, 0.3) is 35.2 Å². The number of unbranched alkanes of at least 4 members (excludes halogenated alkanes) is 2. The number of carbonyl (C=O) groups is 3. The van der Waals surface area contributed by atoms with Crippen molar-refractivity contribution in [3.63, 3.8) is 0 Å². The summed E-state index contributed by atoms with van der Waals surface area (Å²) < 4.78 is 11.0. The summed E-state index contributed by atoms with van der Waals surface area (Å²) in [6.45, 7) is 23.7. The van der Waals surface area contributed by atoms with Gasteiger partial charge in [-0.1, -0.05) is 150 Å². The Labute approximate surface area is 398 Å². The molecule has 0 unspecified atom stereocenters. The van der Waals surface area contributed by atoms with Crippen LogP contribution in [0.2, 0.25) is 0 Å². The number of esters is 2. The largest absolute Gasteiger partial charge is 2.00 e. The van der Waals surface area contributed by atoms with Gasteiger partial charge in [-0.2, -0.15) is 11.4 Å². The monoisotopic (exact) mass is 879 g/mol. The molecule has 0 amide bonds. The van der Waals surface area contributed by atoms with Crippen LogP contribution in [0.5, 0.6) is 0 Å². The molecule has 8 bridgehead atoms. The van der Waals surface area contributed by atoms with Crippen molar-refractivity contribution in [3.05, 3.63) is 102 Å². The summed E-state index contributed by atoms with van der Waals surface area (Å²) in [5, 5.41) is 6.83. The predicted octanol–water partition coefficient (Wildman–Crippen LogP) is 10.1. The maximum atomic E-state index is 14.4. The van der Waals surface area contributed by atoms with Gasteiger partial charge in [0.05, 0.1) is 7.11 Å². The third-order valence-corrected chi connectivity index (χ3v) is 14.0. The maximum absolute atomic E-state index is 14.4. The molecule has 10 heteroatoms. The number of methoxy groups -OCH3 is 1. The second-order valence-corrected chi connectivity index (χ2v) is 18.6. The smallest absolute Gasteiger partial charge is 0.664 e. The van der Waals surface area contributed by atoms with Crippen LogP contribution in [-0.4, -0.2) is 54.5 Å². The molecule has 5 atom stereocenters. The van der Waals surface area contributed by atoms with Crippen molar-refractivity contribution in [3.8, 4) is 0 Å². The number of nitrogens with zero attached hydrogens (tertiary/aromatic N) is 4. The van der Waals surface area contributed by atoms with Crippen molar-refractivity contribution in [2.75, 3.05) is 13.7 Å². The minimum atomic E-state index is -1.22. The molecule has 1 aliphatic carbocycles. The van der Waals surface area contributed by atoms with E-state index in [1.807, 2.05) is 44.2 Å². The third kappa shape index (κ3) is 11.0. The molecule has 0 saturated carbocycles. The second kappa shape index (κ2) is 22.8. The quantitative estimate of drug-likeness (QED) is 0.0361. The first kappa shape index (κ1) is 50.7. The molecule has 1 fully saturated rings. The van der Waals surface area contributed by atoms with Gasteiger partial charge in [0, 0.05) is 12.0 Å². The summed E-state index contributed by atoms with van der Waals surface area (Å²) in [7, 11) is 1.30. The van der Waals surface area contributed by atoms with Gasteiger partial charge in [-0.3, -0.25) is 14.4 Å². The minimum absolute atomic E-state index is 0.